The fraction of sp³-hybridized carbons (Fsp3) is 0.538. The monoisotopic (exact) mass is 366 g/mol. The van der Waals surface area contributed by atoms with Crippen molar-refractivity contribution >= 4 is 0 Å². The molecule has 1 aromatic carbocycles. The van der Waals surface area contributed by atoms with Crippen LogP contribution in [0.1, 0.15) is 11.1 Å². The van der Waals surface area contributed by atoms with Gasteiger partial charge in [0.25, 0.3) is 0 Å². The molecule has 1 aromatic rings. The van der Waals surface area contributed by atoms with Crippen molar-refractivity contribution in [1.82, 2.24) is 0 Å². The van der Waals surface area contributed by atoms with Crippen molar-refractivity contribution in [3.8, 4) is 17.2 Å². The standard InChI is InChI=1S/C13H10F8O3/c1-22-6-4-5-7(9(24-3)8(6)23-2)11(16,17)13(20,21)12(18,19)10(5,14)15/h4H,1-3H3. The van der Waals surface area contributed by atoms with E-state index in [1.165, 1.54) is 0 Å². The van der Waals surface area contributed by atoms with Gasteiger partial charge in [0.2, 0.25) is 5.75 Å². The van der Waals surface area contributed by atoms with E-state index < -0.39 is 52.1 Å². The first-order valence-electron chi connectivity index (χ1n) is 6.18. The Balaban J connectivity index is 3.05. The van der Waals surface area contributed by atoms with Crippen LogP contribution < -0.4 is 14.2 Å². The maximum Gasteiger partial charge on any atom is 0.383 e. The van der Waals surface area contributed by atoms with Crippen molar-refractivity contribution in [2.75, 3.05) is 21.3 Å². The molecule has 0 amide bonds. The van der Waals surface area contributed by atoms with Gasteiger partial charge in [-0.2, -0.15) is 35.1 Å². The fourth-order valence-electron chi connectivity index (χ4n) is 2.44. The van der Waals surface area contributed by atoms with Gasteiger partial charge in [0, 0.05) is 5.56 Å². The SMILES string of the molecule is COc1cc2c(c(OC)c1OC)C(F)(F)C(F)(F)C(F)(F)C2(F)F. The minimum absolute atomic E-state index is 0.105. The third-order valence-electron chi connectivity index (χ3n) is 3.67. The maximum absolute atomic E-state index is 14.1. The van der Waals surface area contributed by atoms with Crippen molar-refractivity contribution in [3.63, 3.8) is 0 Å². The fourth-order valence-corrected chi connectivity index (χ4v) is 2.44. The molecule has 0 unspecified atom stereocenters. The Kier molecular flexibility index (Phi) is 3.85. The van der Waals surface area contributed by atoms with Gasteiger partial charge >= 0.3 is 23.7 Å². The van der Waals surface area contributed by atoms with E-state index in [4.69, 9.17) is 0 Å². The van der Waals surface area contributed by atoms with E-state index in [2.05, 4.69) is 14.2 Å². The van der Waals surface area contributed by atoms with E-state index in [1.807, 2.05) is 0 Å². The summed E-state index contributed by atoms with van der Waals surface area (Å²) < 4.78 is 124. The van der Waals surface area contributed by atoms with Crippen LogP contribution in [0.25, 0.3) is 0 Å². The smallest absolute Gasteiger partial charge is 0.383 e. The Morgan fingerprint density at radius 3 is 1.54 bits per heavy atom. The minimum atomic E-state index is -6.37. The number of hydrogen-bond donors (Lipinski definition) is 0. The lowest BCUT2D eigenvalue weighted by molar-refractivity contribution is -0.386. The highest BCUT2D eigenvalue weighted by molar-refractivity contribution is 5.63. The second kappa shape index (κ2) is 5.03. The van der Waals surface area contributed by atoms with E-state index in [1.54, 1.807) is 0 Å². The maximum atomic E-state index is 14.1. The van der Waals surface area contributed by atoms with Crippen LogP contribution in [0.3, 0.4) is 0 Å². The summed E-state index contributed by atoms with van der Waals surface area (Å²) in [5, 5.41) is 0. The quantitative estimate of drug-likeness (QED) is 0.752. The average Bonchev–Trinajstić information content (AvgIpc) is 2.50. The molecule has 0 aliphatic heterocycles. The van der Waals surface area contributed by atoms with Gasteiger partial charge in [0.15, 0.2) is 11.5 Å². The van der Waals surface area contributed by atoms with E-state index in [9.17, 15) is 35.1 Å². The van der Waals surface area contributed by atoms with E-state index in [0.717, 1.165) is 14.2 Å². The lowest BCUT2D eigenvalue weighted by Gasteiger charge is -2.43. The van der Waals surface area contributed by atoms with Crippen LogP contribution in [-0.4, -0.2) is 33.2 Å². The Hall–Kier alpha value is -1.94. The molecule has 0 N–H and O–H groups in total. The second-order valence-electron chi connectivity index (χ2n) is 4.87. The third-order valence-corrected chi connectivity index (χ3v) is 3.67. The first-order valence-corrected chi connectivity index (χ1v) is 6.18. The molecule has 11 heteroatoms. The number of halogens is 8. The van der Waals surface area contributed by atoms with Gasteiger partial charge in [-0.1, -0.05) is 0 Å². The molecule has 0 saturated heterocycles. The summed E-state index contributed by atoms with van der Waals surface area (Å²) in [6.07, 6.45) is 0. The number of hydrogen-bond acceptors (Lipinski definition) is 3. The largest absolute Gasteiger partial charge is 0.493 e. The minimum Gasteiger partial charge on any atom is -0.493 e. The summed E-state index contributed by atoms with van der Waals surface area (Å²) in [5.74, 6) is -26.6. The average molecular weight is 366 g/mol. The predicted octanol–water partition coefficient (Wildman–Crippen LogP) is 4.18. The molecular weight excluding hydrogens is 356 g/mol. The highest BCUT2D eigenvalue weighted by atomic mass is 19.4. The lowest BCUT2D eigenvalue weighted by atomic mass is 9.79. The summed E-state index contributed by atoms with van der Waals surface area (Å²) in [4.78, 5) is 0. The number of alkyl halides is 8. The van der Waals surface area contributed by atoms with Gasteiger partial charge in [-0.25, -0.2) is 0 Å². The third kappa shape index (κ3) is 1.83. The molecule has 0 radical (unpaired) electrons. The van der Waals surface area contributed by atoms with E-state index in [-0.39, 0.29) is 6.07 Å². The topological polar surface area (TPSA) is 27.7 Å². The summed E-state index contributed by atoms with van der Waals surface area (Å²) in [6, 6.07) is 0.105. The summed E-state index contributed by atoms with van der Waals surface area (Å²) in [5.41, 5.74) is -4.11. The van der Waals surface area contributed by atoms with Crippen molar-refractivity contribution in [3.05, 3.63) is 17.2 Å². The summed E-state index contributed by atoms with van der Waals surface area (Å²) in [7, 11) is 2.52. The first-order chi connectivity index (χ1) is 10.8. The van der Waals surface area contributed by atoms with Crippen molar-refractivity contribution in [2.24, 2.45) is 0 Å². The zero-order valence-corrected chi connectivity index (χ0v) is 12.3. The summed E-state index contributed by atoms with van der Waals surface area (Å²) in [6.45, 7) is 0. The van der Waals surface area contributed by atoms with Gasteiger partial charge in [-0.3, -0.25) is 0 Å². The molecule has 1 aliphatic rings. The number of methoxy groups -OCH3 is 3. The number of benzene rings is 1. The van der Waals surface area contributed by atoms with E-state index in [0.29, 0.717) is 7.11 Å². The molecule has 0 aromatic heterocycles. The van der Waals surface area contributed by atoms with Gasteiger partial charge in [0.1, 0.15) is 0 Å². The lowest BCUT2D eigenvalue weighted by Crippen LogP contribution is -2.63. The molecule has 0 saturated carbocycles. The van der Waals surface area contributed by atoms with Crippen LogP contribution in [0.2, 0.25) is 0 Å². The van der Waals surface area contributed by atoms with Crippen LogP contribution >= 0.6 is 0 Å². The molecule has 24 heavy (non-hydrogen) atoms. The molecule has 0 spiro atoms. The first kappa shape index (κ1) is 18.4. The Morgan fingerprint density at radius 2 is 1.12 bits per heavy atom. The Bertz CT molecular complexity index is 672. The molecule has 0 atom stereocenters. The van der Waals surface area contributed by atoms with E-state index >= 15 is 0 Å². The zero-order chi connectivity index (χ0) is 18.7. The van der Waals surface area contributed by atoms with Gasteiger partial charge in [-0.15, -0.1) is 0 Å². The second-order valence-corrected chi connectivity index (χ2v) is 4.87. The molecule has 0 bridgehead atoms. The molecule has 1 aliphatic carbocycles. The summed E-state index contributed by atoms with van der Waals surface area (Å²) >= 11 is 0. The van der Waals surface area contributed by atoms with Crippen LogP contribution in [0.5, 0.6) is 17.2 Å². The van der Waals surface area contributed by atoms with Gasteiger partial charge in [0.05, 0.1) is 26.9 Å². The number of rotatable bonds is 3. The van der Waals surface area contributed by atoms with Crippen LogP contribution in [0, 0.1) is 0 Å². The van der Waals surface area contributed by atoms with Crippen LogP contribution in [0.4, 0.5) is 35.1 Å². The molecule has 3 nitrogen and oxygen atoms in total. The molecular formula is C13H10F8O3. The van der Waals surface area contributed by atoms with Crippen LogP contribution in [-0.2, 0) is 11.8 Å². The van der Waals surface area contributed by atoms with Gasteiger partial charge in [-0.05, 0) is 6.07 Å². The van der Waals surface area contributed by atoms with Crippen molar-refractivity contribution < 1.29 is 49.3 Å². The zero-order valence-electron chi connectivity index (χ0n) is 12.3. The highest BCUT2D eigenvalue weighted by Gasteiger charge is 2.86. The van der Waals surface area contributed by atoms with Crippen molar-refractivity contribution in [1.29, 1.82) is 0 Å². The van der Waals surface area contributed by atoms with Crippen molar-refractivity contribution in [2.45, 2.75) is 23.7 Å². The normalized spacial score (nSPS) is 22.5. The number of ether oxygens (including phenoxy) is 3. The molecule has 136 valence electrons. The Labute approximate surface area is 130 Å². The molecule has 0 fully saturated rings. The Morgan fingerprint density at radius 1 is 0.667 bits per heavy atom. The highest BCUT2D eigenvalue weighted by Crippen LogP contribution is 2.67. The molecule has 2 rings (SSSR count). The van der Waals surface area contributed by atoms with Gasteiger partial charge < -0.3 is 14.2 Å². The molecule has 0 heterocycles. The van der Waals surface area contributed by atoms with Crippen LogP contribution in [0.15, 0.2) is 6.07 Å². The predicted molar refractivity (Wildman–Crippen MR) is 63.8 cm³/mol. The number of fused-ring (bicyclic) bond motifs is 1.